The Morgan fingerprint density at radius 2 is 2.00 bits per heavy atom. The average Bonchev–Trinajstić information content (AvgIpc) is 3.30. The van der Waals surface area contributed by atoms with Crippen molar-refractivity contribution >= 4 is 5.65 Å². The van der Waals surface area contributed by atoms with Crippen molar-refractivity contribution in [2.75, 3.05) is 0 Å². The Hall–Kier alpha value is -3.15. The number of benzene rings is 1. The van der Waals surface area contributed by atoms with Gasteiger partial charge in [0.2, 0.25) is 0 Å². The van der Waals surface area contributed by atoms with E-state index in [1.807, 2.05) is 36.5 Å². The predicted octanol–water partition coefficient (Wildman–Crippen LogP) is 2.57. The minimum absolute atomic E-state index is 0.132. The Labute approximate surface area is 137 Å². The van der Waals surface area contributed by atoms with E-state index in [0.29, 0.717) is 11.3 Å². The van der Waals surface area contributed by atoms with Crippen molar-refractivity contribution < 1.29 is 0 Å². The molecule has 118 valence electrons. The fourth-order valence-electron chi connectivity index (χ4n) is 3.46. The normalized spacial score (nSPS) is 13.5. The molecule has 0 atom stereocenters. The van der Waals surface area contributed by atoms with Crippen LogP contribution < -0.4 is 5.56 Å². The van der Waals surface area contributed by atoms with Gasteiger partial charge in [0.15, 0.2) is 5.65 Å². The first-order valence-corrected chi connectivity index (χ1v) is 8.04. The molecule has 3 heterocycles. The molecule has 4 aromatic rings. The molecule has 3 aromatic heterocycles. The SMILES string of the molecule is O=c1cc(-c2n[nH]c3c2CCC3)nc2c(-c3ccccc3)c[nH]n12. The Bertz CT molecular complexity index is 1100. The highest BCUT2D eigenvalue weighted by Gasteiger charge is 2.21. The van der Waals surface area contributed by atoms with Crippen molar-refractivity contribution in [2.45, 2.75) is 19.3 Å². The van der Waals surface area contributed by atoms with Gasteiger partial charge in [0.05, 0.1) is 5.69 Å². The molecule has 0 saturated carbocycles. The zero-order valence-corrected chi connectivity index (χ0v) is 12.9. The quantitative estimate of drug-likeness (QED) is 0.596. The minimum atomic E-state index is -0.132. The van der Waals surface area contributed by atoms with E-state index in [-0.39, 0.29) is 5.56 Å². The summed E-state index contributed by atoms with van der Waals surface area (Å²) in [5, 5.41) is 10.5. The summed E-state index contributed by atoms with van der Waals surface area (Å²) in [5.74, 6) is 0. The molecule has 1 aliphatic carbocycles. The van der Waals surface area contributed by atoms with Crippen LogP contribution in [0.1, 0.15) is 17.7 Å². The molecule has 6 nitrogen and oxygen atoms in total. The van der Waals surface area contributed by atoms with Crippen molar-refractivity contribution in [3.63, 3.8) is 0 Å². The summed E-state index contributed by atoms with van der Waals surface area (Å²) >= 11 is 0. The number of rotatable bonds is 2. The number of H-pyrrole nitrogens is 2. The zero-order chi connectivity index (χ0) is 16.1. The lowest BCUT2D eigenvalue weighted by atomic mass is 10.1. The molecule has 6 heteroatoms. The standard InChI is InChI=1S/C18H15N5O/c24-16-9-15(17-12-7-4-8-14(12)21-22-17)20-18-13(10-19-23(16)18)11-5-2-1-3-6-11/h1-3,5-6,9-10,19H,4,7-8H2,(H,21,22). The third-order valence-corrected chi connectivity index (χ3v) is 4.63. The van der Waals surface area contributed by atoms with E-state index in [2.05, 4.69) is 15.3 Å². The summed E-state index contributed by atoms with van der Waals surface area (Å²) < 4.78 is 1.47. The van der Waals surface area contributed by atoms with Crippen LogP contribution >= 0.6 is 0 Å². The number of aryl methyl sites for hydroxylation is 1. The topological polar surface area (TPSA) is 78.8 Å². The van der Waals surface area contributed by atoms with Crippen molar-refractivity contribution in [2.24, 2.45) is 0 Å². The Kier molecular flexibility index (Phi) is 2.73. The van der Waals surface area contributed by atoms with Crippen LogP contribution in [0.4, 0.5) is 0 Å². The van der Waals surface area contributed by atoms with E-state index in [9.17, 15) is 4.79 Å². The summed E-state index contributed by atoms with van der Waals surface area (Å²) in [7, 11) is 0. The first-order valence-electron chi connectivity index (χ1n) is 8.04. The first-order chi connectivity index (χ1) is 11.8. The van der Waals surface area contributed by atoms with Gasteiger partial charge in [0.25, 0.3) is 5.56 Å². The zero-order valence-electron chi connectivity index (χ0n) is 12.9. The molecule has 0 unspecified atom stereocenters. The lowest BCUT2D eigenvalue weighted by molar-refractivity contribution is 0.863. The summed E-state index contributed by atoms with van der Waals surface area (Å²) in [4.78, 5) is 17.2. The van der Waals surface area contributed by atoms with E-state index >= 15 is 0 Å². The maximum absolute atomic E-state index is 12.5. The third kappa shape index (κ3) is 1.86. The Morgan fingerprint density at radius 3 is 2.88 bits per heavy atom. The highest BCUT2D eigenvalue weighted by atomic mass is 16.1. The third-order valence-electron chi connectivity index (χ3n) is 4.63. The molecule has 0 radical (unpaired) electrons. The molecule has 1 aromatic carbocycles. The molecule has 0 spiro atoms. The molecular weight excluding hydrogens is 302 g/mol. The monoisotopic (exact) mass is 317 g/mol. The molecule has 5 rings (SSSR count). The second-order valence-electron chi connectivity index (χ2n) is 6.07. The molecule has 1 aliphatic rings. The summed E-state index contributed by atoms with van der Waals surface area (Å²) in [6, 6.07) is 11.5. The van der Waals surface area contributed by atoms with E-state index < -0.39 is 0 Å². The van der Waals surface area contributed by atoms with Gasteiger partial charge in [-0.1, -0.05) is 30.3 Å². The summed E-state index contributed by atoms with van der Waals surface area (Å²) in [6.45, 7) is 0. The smallest absolute Gasteiger partial charge is 0.273 e. The number of nitrogens with zero attached hydrogens (tertiary/aromatic N) is 3. The van der Waals surface area contributed by atoms with Gasteiger partial charge in [-0.3, -0.25) is 15.0 Å². The van der Waals surface area contributed by atoms with Crippen molar-refractivity contribution in [1.29, 1.82) is 0 Å². The van der Waals surface area contributed by atoms with Crippen LogP contribution in [0.3, 0.4) is 0 Å². The minimum Gasteiger partial charge on any atom is -0.296 e. The lowest BCUT2D eigenvalue weighted by Gasteiger charge is -2.02. The predicted molar refractivity (Wildman–Crippen MR) is 90.9 cm³/mol. The number of aromatic amines is 2. The molecular formula is C18H15N5O. The van der Waals surface area contributed by atoms with Crippen LogP contribution in [-0.2, 0) is 12.8 Å². The maximum Gasteiger partial charge on any atom is 0.273 e. The molecule has 0 saturated heterocycles. The Morgan fingerprint density at radius 1 is 1.12 bits per heavy atom. The van der Waals surface area contributed by atoms with Crippen LogP contribution in [0, 0.1) is 0 Å². The van der Waals surface area contributed by atoms with Gasteiger partial charge in [-0.05, 0) is 24.8 Å². The van der Waals surface area contributed by atoms with Crippen LogP contribution in [0.5, 0.6) is 0 Å². The summed E-state index contributed by atoms with van der Waals surface area (Å²) in [5.41, 5.74) is 6.23. The van der Waals surface area contributed by atoms with Crippen LogP contribution in [0.15, 0.2) is 47.4 Å². The Balaban J connectivity index is 1.76. The van der Waals surface area contributed by atoms with Gasteiger partial charge >= 0.3 is 0 Å². The molecule has 0 fully saturated rings. The number of nitrogens with one attached hydrogen (secondary N) is 2. The van der Waals surface area contributed by atoms with E-state index in [1.54, 1.807) is 6.07 Å². The fourth-order valence-corrected chi connectivity index (χ4v) is 3.46. The number of hydrogen-bond acceptors (Lipinski definition) is 3. The highest BCUT2D eigenvalue weighted by molar-refractivity contribution is 5.78. The second kappa shape index (κ2) is 4.92. The van der Waals surface area contributed by atoms with Gasteiger partial charge in [-0.15, -0.1) is 0 Å². The second-order valence-corrected chi connectivity index (χ2v) is 6.07. The number of aromatic nitrogens is 5. The number of hydrogen-bond donors (Lipinski definition) is 2. The van der Waals surface area contributed by atoms with Crippen molar-refractivity contribution in [3.8, 4) is 22.5 Å². The molecule has 2 N–H and O–H groups in total. The average molecular weight is 317 g/mol. The lowest BCUT2D eigenvalue weighted by Crippen LogP contribution is -2.14. The maximum atomic E-state index is 12.5. The van der Waals surface area contributed by atoms with Gasteiger partial charge in [-0.25, -0.2) is 9.50 Å². The number of fused-ring (bicyclic) bond motifs is 2. The van der Waals surface area contributed by atoms with Crippen LogP contribution in [-0.4, -0.2) is 24.8 Å². The van der Waals surface area contributed by atoms with Gasteiger partial charge in [0, 0.05) is 29.1 Å². The van der Waals surface area contributed by atoms with Crippen LogP contribution in [0.2, 0.25) is 0 Å². The van der Waals surface area contributed by atoms with Crippen molar-refractivity contribution in [1.82, 2.24) is 24.8 Å². The van der Waals surface area contributed by atoms with Crippen LogP contribution in [0.25, 0.3) is 28.2 Å². The van der Waals surface area contributed by atoms with Crippen molar-refractivity contribution in [3.05, 3.63) is 64.2 Å². The highest BCUT2D eigenvalue weighted by Crippen LogP contribution is 2.30. The first kappa shape index (κ1) is 13.3. The molecule has 0 aliphatic heterocycles. The molecule has 24 heavy (non-hydrogen) atoms. The largest absolute Gasteiger partial charge is 0.296 e. The molecule has 0 amide bonds. The molecule has 0 bridgehead atoms. The van der Waals surface area contributed by atoms with Gasteiger partial charge in [-0.2, -0.15) is 5.10 Å². The van der Waals surface area contributed by atoms with E-state index in [0.717, 1.165) is 36.1 Å². The van der Waals surface area contributed by atoms with Gasteiger partial charge in [0.1, 0.15) is 5.69 Å². The van der Waals surface area contributed by atoms with Gasteiger partial charge < -0.3 is 0 Å². The summed E-state index contributed by atoms with van der Waals surface area (Å²) in [6.07, 6.45) is 4.94. The fraction of sp³-hybridized carbons (Fsp3) is 0.167. The van der Waals surface area contributed by atoms with E-state index in [4.69, 9.17) is 4.98 Å². The van der Waals surface area contributed by atoms with E-state index in [1.165, 1.54) is 15.8 Å².